The molecule has 0 aliphatic carbocycles. The number of halogens is 1. The van der Waals surface area contributed by atoms with Crippen LogP contribution in [0.5, 0.6) is 0 Å². The van der Waals surface area contributed by atoms with E-state index in [2.05, 4.69) is 26.8 Å². The van der Waals surface area contributed by atoms with Gasteiger partial charge in [-0.3, -0.25) is 4.18 Å². The molecule has 0 aromatic heterocycles. The van der Waals surface area contributed by atoms with Crippen LogP contribution in [-0.4, -0.2) is 15.5 Å². The molecule has 5 heteroatoms. The third-order valence-electron chi connectivity index (χ3n) is 1.54. The molecule has 72 valence electrons. The summed E-state index contributed by atoms with van der Waals surface area (Å²) in [4.78, 5) is 0. The molecule has 13 heavy (non-hydrogen) atoms. The fourth-order valence-corrected chi connectivity index (χ4v) is 2.45. The van der Waals surface area contributed by atoms with E-state index in [4.69, 9.17) is 0 Å². The molecule has 1 rings (SSSR count). The highest BCUT2D eigenvalue weighted by Gasteiger charge is 2.11. The smallest absolute Gasteiger partial charge is 0.271 e. The van der Waals surface area contributed by atoms with E-state index in [0.29, 0.717) is 0 Å². The van der Waals surface area contributed by atoms with E-state index < -0.39 is 10.1 Å². The highest BCUT2D eigenvalue weighted by atomic mass is 127. The van der Waals surface area contributed by atoms with Crippen LogP contribution in [0.1, 0.15) is 5.56 Å². The first-order valence-corrected chi connectivity index (χ1v) is 6.22. The quantitative estimate of drug-likeness (QED) is 0.631. The first kappa shape index (κ1) is 10.9. The third kappa shape index (κ3) is 3.24. The van der Waals surface area contributed by atoms with Gasteiger partial charge in [-0.2, -0.15) is 8.42 Å². The van der Waals surface area contributed by atoms with Crippen LogP contribution < -0.4 is 0 Å². The Bertz CT molecular complexity index is 386. The third-order valence-corrected chi connectivity index (χ3v) is 3.77. The first-order valence-electron chi connectivity index (χ1n) is 3.57. The lowest BCUT2D eigenvalue weighted by Gasteiger charge is -2.03. The second-order valence-corrected chi connectivity index (χ2v) is 5.36. The Balaban J connectivity index is 2.93. The SMILES string of the molecule is COS(=O)(=O)Cc1ccccc1I. The van der Waals surface area contributed by atoms with Gasteiger partial charge in [-0.25, -0.2) is 0 Å². The molecule has 0 radical (unpaired) electrons. The molecule has 1 aromatic rings. The van der Waals surface area contributed by atoms with Crippen LogP contribution in [0.25, 0.3) is 0 Å². The van der Waals surface area contributed by atoms with E-state index in [-0.39, 0.29) is 5.75 Å². The standard InChI is InChI=1S/C8H9IO3S/c1-12-13(10,11)6-7-4-2-3-5-8(7)9/h2-5H,6H2,1H3. The van der Waals surface area contributed by atoms with Crippen molar-refractivity contribution in [2.75, 3.05) is 7.11 Å². The lowest BCUT2D eigenvalue weighted by Crippen LogP contribution is -2.06. The van der Waals surface area contributed by atoms with E-state index >= 15 is 0 Å². The zero-order chi connectivity index (χ0) is 9.90. The lowest BCUT2D eigenvalue weighted by molar-refractivity contribution is 0.397. The Hall–Kier alpha value is -0.140. The molecule has 0 saturated heterocycles. The predicted octanol–water partition coefficient (Wildman–Crippen LogP) is 1.77. The maximum Gasteiger partial charge on any atom is 0.271 e. The van der Waals surface area contributed by atoms with E-state index in [9.17, 15) is 8.42 Å². The Morgan fingerprint density at radius 3 is 2.54 bits per heavy atom. The summed E-state index contributed by atoms with van der Waals surface area (Å²) >= 11 is 2.10. The summed E-state index contributed by atoms with van der Waals surface area (Å²) in [5.74, 6) is -0.0669. The molecular formula is C8H9IO3S. The van der Waals surface area contributed by atoms with E-state index in [1.807, 2.05) is 18.2 Å². The Morgan fingerprint density at radius 1 is 1.38 bits per heavy atom. The molecule has 0 aliphatic heterocycles. The molecule has 0 fully saturated rings. The molecule has 0 saturated carbocycles. The minimum atomic E-state index is -3.40. The summed E-state index contributed by atoms with van der Waals surface area (Å²) < 4.78 is 27.5. The molecular weight excluding hydrogens is 303 g/mol. The minimum Gasteiger partial charge on any atom is -0.273 e. The normalized spacial score (nSPS) is 11.5. The van der Waals surface area contributed by atoms with Gasteiger partial charge in [0.1, 0.15) is 5.75 Å². The molecule has 0 aliphatic rings. The number of hydrogen-bond donors (Lipinski definition) is 0. The molecule has 0 bridgehead atoms. The predicted molar refractivity (Wildman–Crippen MR) is 58.8 cm³/mol. The number of rotatable bonds is 3. The Morgan fingerprint density at radius 2 is 2.00 bits per heavy atom. The van der Waals surface area contributed by atoms with Crippen molar-refractivity contribution < 1.29 is 12.6 Å². The van der Waals surface area contributed by atoms with Crippen molar-refractivity contribution in [2.24, 2.45) is 0 Å². The highest BCUT2D eigenvalue weighted by Crippen LogP contribution is 2.14. The first-order chi connectivity index (χ1) is 6.05. The van der Waals surface area contributed by atoms with Gasteiger partial charge in [-0.15, -0.1) is 0 Å². The summed E-state index contributed by atoms with van der Waals surface area (Å²) in [5.41, 5.74) is 0.768. The summed E-state index contributed by atoms with van der Waals surface area (Å²) in [7, 11) is -2.23. The van der Waals surface area contributed by atoms with Crippen LogP contribution in [0.15, 0.2) is 24.3 Å². The largest absolute Gasteiger partial charge is 0.273 e. The lowest BCUT2D eigenvalue weighted by atomic mass is 10.2. The second-order valence-electron chi connectivity index (χ2n) is 2.46. The summed E-state index contributed by atoms with van der Waals surface area (Å²) in [6.07, 6.45) is 0. The van der Waals surface area contributed by atoms with Gasteiger partial charge in [0.25, 0.3) is 10.1 Å². The Labute approximate surface area is 91.4 Å². The second kappa shape index (κ2) is 4.39. The molecule has 0 atom stereocenters. The van der Waals surface area contributed by atoms with Gasteiger partial charge in [-0.1, -0.05) is 18.2 Å². The van der Waals surface area contributed by atoms with Crippen molar-refractivity contribution in [3.63, 3.8) is 0 Å². The van der Waals surface area contributed by atoms with Gasteiger partial charge < -0.3 is 0 Å². The van der Waals surface area contributed by atoms with Gasteiger partial charge in [0.2, 0.25) is 0 Å². The summed E-state index contributed by atoms with van der Waals surface area (Å²) in [5, 5.41) is 0. The van der Waals surface area contributed by atoms with E-state index in [1.165, 1.54) is 7.11 Å². The molecule has 1 aromatic carbocycles. The molecule has 0 N–H and O–H groups in total. The fourth-order valence-electron chi connectivity index (χ4n) is 0.865. The maximum absolute atomic E-state index is 11.1. The fraction of sp³-hybridized carbons (Fsp3) is 0.250. The van der Waals surface area contributed by atoms with Crippen molar-refractivity contribution in [3.8, 4) is 0 Å². The molecule has 3 nitrogen and oxygen atoms in total. The van der Waals surface area contributed by atoms with Gasteiger partial charge >= 0.3 is 0 Å². The van der Waals surface area contributed by atoms with Crippen molar-refractivity contribution in [1.29, 1.82) is 0 Å². The van der Waals surface area contributed by atoms with Crippen molar-refractivity contribution in [2.45, 2.75) is 5.75 Å². The van der Waals surface area contributed by atoms with Crippen LogP contribution in [0.2, 0.25) is 0 Å². The average molecular weight is 312 g/mol. The topological polar surface area (TPSA) is 43.4 Å². The van der Waals surface area contributed by atoms with Crippen LogP contribution >= 0.6 is 22.6 Å². The van der Waals surface area contributed by atoms with Crippen molar-refractivity contribution >= 4 is 32.7 Å². The van der Waals surface area contributed by atoms with Gasteiger partial charge in [0.15, 0.2) is 0 Å². The van der Waals surface area contributed by atoms with Gasteiger partial charge in [-0.05, 0) is 34.2 Å². The van der Waals surface area contributed by atoms with Crippen molar-refractivity contribution in [3.05, 3.63) is 33.4 Å². The van der Waals surface area contributed by atoms with E-state index in [1.54, 1.807) is 6.07 Å². The van der Waals surface area contributed by atoms with Crippen LogP contribution in [0, 0.1) is 3.57 Å². The summed E-state index contributed by atoms with van der Waals surface area (Å²) in [6, 6.07) is 7.31. The molecule has 0 unspecified atom stereocenters. The van der Waals surface area contributed by atoms with Crippen LogP contribution in [-0.2, 0) is 20.1 Å². The Kier molecular flexibility index (Phi) is 3.69. The van der Waals surface area contributed by atoms with Crippen LogP contribution in [0.3, 0.4) is 0 Å². The van der Waals surface area contributed by atoms with Crippen LogP contribution in [0.4, 0.5) is 0 Å². The molecule has 0 amide bonds. The molecule has 0 spiro atoms. The maximum atomic E-state index is 11.1. The number of benzene rings is 1. The number of hydrogen-bond acceptors (Lipinski definition) is 3. The highest BCUT2D eigenvalue weighted by molar-refractivity contribution is 14.1. The molecule has 0 heterocycles. The minimum absolute atomic E-state index is 0.0669. The van der Waals surface area contributed by atoms with Gasteiger partial charge in [0.05, 0.1) is 7.11 Å². The zero-order valence-corrected chi connectivity index (χ0v) is 10.0. The average Bonchev–Trinajstić information content (AvgIpc) is 2.09. The van der Waals surface area contributed by atoms with Crippen molar-refractivity contribution in [1.82, 2.24) is 0 Å². The summed E-state index contributed by atoms with van der Waals surface area (Å²) in [6.45, 7) is 0. The monoisotopic (exact) mass is 312 g/mol. The zero-order valence-electron chi connectivity index (χ0n) is 7.03. The van der Waals surface area contributed by atoms with Gasteiger partial charge in [0, 0.05) is 3.57 Å². The van der Waals surface area contributed by atoms with E-state index in [0.717, 1.165) is 9.13 Å².